The van der Waals surface area contributed by atoms with Crippen LogP contribution >= 0.6 is 0 Å². The van der Waals surface area contributed by atoms with Crippen molar-refractivity contribution in [3.8, 4) is 11.4 Å². The van der Waals surface area contributed by atoms with Gasteiger partial charge in [0.25, 0.3) is 5.56 Å². The number of fused-ring (bicyclic) bond motifs is 1. The molecular formula is C20H20F3N3O2. The van der Waals surface area contributed by atoms with E-state index in [1.54, 1.807) is 0 Å². The van der Waals surface area contributed by atoms with Crippen molar-refractivity contribution in [3.05, 3.63) is 58.6 Å². The van der Waals surface area contributed by atoms with Crippen LogP contribution in [0, 0.1) is 0 Å². The summed E-state index contributed by atoms with van der Waals surface area (Å²) < 4.78 is 44.9. The largest absolute Gasteiger partial charge is 0.484 e. The molecule has 0 spiro atoms. The molecule has 0 N–H and O–H groups in total. The number of likely N-dealkylation sites (N-methyl/N-ethyl adjacent to an activating group) is 1. The SMILES string of the molecule is CN1CC(c2cn(C)c3cc(-n4ccc(OCC(F)(F)F)cc4=O)ccc23)C1. The first-order valence-electron chi connectivity index (χ1n) is 8.91. The van der Waals surface area contributed by atoms with Crippen LogP contribution in [0.3, 0.4) is 0 Å². The maximum atomic E-state index is 12.4. The Labute approximate surface area is 159 Å². The molecule has 1 aliphatic rings. The van der Waals surface area contributed by atoms with E-state index in [0.29, 0.717) is 11.6 Å². The molecule has 28 heavy (non-hydrogen) atoms. The zero-order valence-electron chi connectivity index (χ0n) is 15.5. The van der Waals surface area contributed by atoms with Crippen molar-refractivity contribution in [2.45, 2.75) is 12.1 Å². The molecule has 5 nitrogen and oxygen atoms in total. The Morgan fingerprint density at radius 2 is 1.89 bits per heavy atom. The fourth-order valence-electron chi connectivity index (χ4n) is 3.70. The van der Waals surface area contributed by atoms with Gasteiger partial charge in [0.2, 0.25) is 0 Å². The first-order chi connectivity index (χ1) is 13.2. The van der Waals surface area contributed by atoms with Crippen LogP contribution in [0.4, 0.5) is 13.2 Å². The van der Waals surface area contributed by atoms with E-state index in [1.165, 1.54) is 22.4 Å². The average Bonchev–Trinajstić information content (AvgIpc) is 2.92. The van der Waals surface area contributed by atoms with Gasteiger partial charge in [-0.3, -0.25) is 9.36 Å². The molecule has 0 aliphatic carbocycles. The predicted octanol–water partition coefficient (Wildman–Crippen LogP) is 3.30. The number of hydrogen-bond donors (Lipinski definition) is 0. The van der Waals surface area contributed by atoms with Gasteiger partial charge in [-0.15, -0.1) is 0 Å². The molecule has 0 saturated carbocycles. The highest BCUT2D eigenvalue weighted by atomic mass is 19.4. The number of ether oxygens (including phenoxy) is 1. The van der Waals surface area contributed by atoms with Crippen molar-refractivity contribution in [2.75, 3.05) is 26.7 Å². The van der Waals surface area contributed by atoms with Crippen molar-refractivity contribution >= 4 is 10.9 Å². The molecule has 1 aromatic carbocycles. The van der Waals surface area contributed by atoms with Gasteiger partial charge < -0.3 is 14.2 Å². The Kier molecular flexibility index (Phi) is 4.45. The number of likely N-dealkylation sites (tertiary alicyclic amines) is 1. The van der Waals surface area contributed by atoms with Gasteiger partial charge in [0.05, 0.1) is 11.2 Å². The summed E-state index contributed by atoms with van der Waals surface area (Å²) in [5.41, 5.74) is 2.50. The Bertz CT molecular complexity index is 1080. The van der Waals surface area contributed by atoms with Gasteiger partial charge in [0.1, 0.15) is 5.75 Å². The van der Waals surface area contributed by atoms with Gasteiger partial charge in [0, 0.05) is 49.9 Å². The van der Waals surface area contributed by atoms with Crippen molar-refractivity contribution < 1.29 is 17.9 Å². The zero-order valence-corrected chi connectivity index (χ0v) is 15.5. The first kappa shape index (κ1) is 18.6. The molecule has 148 valence electrons. The summed E-state index contributed by atoms with van der Waals surface area (Å²) in [6.45, 7) is 0.629. The van der Waals surface area contributed by atoms with E-state index in [-0.39, 0.29) is 5.75 Å². The maximum absolute atomic E-state index is 12.4. The van der Waals surface area contributed by atoms with Crippen LogP contribution in [0.25, 0.3) is 16.6 Å². The van der Waals surface area contributed by atoms with E-state index in [0.717, 1.165) is 30.1 Å². The molecule has 3 heterocycles. The second-order valence-corrected chi connectivity index (χ2v) is 7.29. The van der Waals surface area contributed by atoms with Crippen LogP contribution in [0.1, 0.15) is 11.5 Å². The minimum absolute atomic E-state index is 0.102. The molecule has 0 atom stereocenters. The Hall–Kier alpha value is -2.74. The van der Waals surface area contributed by atoms with E-state index in [2.05, 4.69) is 22.9 Å². The smallest absolute Gasteiger partial charge is 0.422 e. The molecule has 1 fully saturated rings. The van der Waals surface area contributed by atoms with E-state index in [9.17, 15) is 18.0 Å². The van der Waals surface area contributed by atoms with Crippen molar-refractivity contribution in [3.63, 3.8) is 0 Å². The topological polar surface area (TPSA) is 39.4 Å². The highest BCUT2D eigenvalue weighted by Crippen LogP contribution is 2.33. The Balaban J connectivity index is 1.64. The minimum Gasteiger partial charge on any atom is -0.484 e. The number of rotatable bonds is 4. The van der Waals surface area contributed by atoms with Gasteiger partial charge in [-0.2, -0.15) is 13.2 Å². The normalized spacial score (nSPS) is 15.8. The summed E-state index contributed by atoms with van der Waals surface area (Å²) in [5, 5.41) is 1.16. The summed E-state index contributed by atoms with van der Waals surface area (Å²) in [7, 11) is 4.06. The van der Waals surface area contributed by atoms with Gasteiger partial charge in [-0.1, -0.05) is 6.07 Å². The third-order valence-corrected chi connectivity index (χ3v) is 5.08. The number of hydrogen-bond acceptors (Lipinski definition) is 3. The fraction of sp³-hybridized carbons (Fsp3) is 0.350. The van der Waals surface area contributed by atoms with Crippen LogP contribution < -0.4 is 10.3 Å². The van der Waals surface area contributed by atoms with E-state index < -0.39 is 18.3 Å². The predicted molar refractivity (Wildman–Crippen MR) is 100 cm³/mol. The van der Waals surface area contributed by atoms with Crippen LogP contribution in [0.15, 0.2) is 47.5 Å². The van der Waals surface area contributed by atoms with Crippen molar-refractivity contribution in [1.82, 2.24) is 14.0 Å². The second-order valence-electron chi connectivity index (χ2n) is 7.29. The standard InChI is InChI=1S/C20H20F3N3O2/c1-24-9-13(10-24)17-11-25(2)18-7-14(3-4-16(17)18)26-6-5-15(8-19(26)27)28-12-20(21,22)23/h3-8,11,13H,9-10,12H2,1-2H3. The van der Waals surface area contributed by atoms with Gasteiger partial charge in [-0.25, -0.2) is 0 Å². The highest BCUT2D eigenvalue weighted by molar-refractivity contribution is 5.86. The molecule has 0 amide bonds. The molecule has 1 saturated heterocycles. The molecule has 0 unspecified atom stereocenters. The van der Waals surface area contributed by atoms with Gasteiger partial charge in [0.15, 0.2) is 6.61 Å². The fourth-order valence-corrected chi connectivity index (χ4v) is 3.70. The van der Waals surface area contributed by atoms with Crippen molar-refractivity contribution in [2.24, 2.45) is 7.05 Å². The van der Waals surface area contributed by atoms with Crippen molar-refractivity contribution in [1.29, 1.82) is 0 Å². The number of pyridine rings is 1. The summed E-state index contributed by atoms with van der Waals surface area (Å²) in [5.74, 6) is 0.405. The third kappa shape index (κ3) is 3.52. The quantitative estimate of drug-likeness (QED) is 0.685. The number of alkyl halides is 3. The number of aryl methyl sites for hydroxylation is 1. The van der Waals surface area contributed by atoms with Crippen LogP contribution in [-0.2, 0) is 7.05 Å². The van der Waals surface area contributed by atoms with Crippen LogP contribution in [0.5, 0.6) is 5.75 Å². The lowest BCUT2D eigenvalue weighted by molar-refractivity contribution is -0.153. The summed E-state index contributed by atoms with van der Waals surface area (Å²) in [4.78, 5) is 14.6. The minimum atomic E-state index is -4.45. The zero-order chi connectivity index (χ0) is 20.1. The molecule has 0 radical (unpaired) electrons. The number of aromatic nitrogens is 2. The van der Waals surface area contributed by atoms with Gasteiger partial charge >= 0.3 is 6.18 Å². The van der Waals surface area contributed by atoms with E-state index in [1.807, 2.05) is 29.8 Å². The Morgan fingerprint density at radius 1 is 1.14 bits per heavy atom. The third-order valence-electron chi connectivity index (χ3n) is 5.08. The summed E-state index contributed by atoms with van der Waals surface area (Å²) >= 11 is 0. The monoisotopic (exact) mass is 391 g/mol. The lowest BCUT2D eigenvalue weighted by Crippen LogP contribution is -2.41. The number of benzene rings is 1. The second kappa shape index (κ2) is 6.70. The number of halogens is 3. The van der Waals surface area contributed by atoms with E-state index in [4.69, 9.17) is 0 Å². The summed E-state index contributed by atoms with van der Waals surface area (Å²) in [6, 6.07) is 8.19. The molecule has 2 aromatic heterocycles. The highest BCUT2D eigenvalue weighted by Gasteiger charge is 2.29. The first-order valence-corrected chi connectivity index (χ1v) is 8.91. The number of nitrogens with zero attached hydrogens (tertiary/aromatic N) is 3. The lowest BCUT2D eigenvalue weighted by atomic mass is 9.92. The summed E-state index contributed by atoms with van der Waals surface area (Å²) in [6.07, 6.45) is -0.887. The average molecular weight is 391 g/mol. The molecule has 8 heteroatoms. The molecule has 0 bridgehead atoms. The van der Waals surface area contributed by atoms with E-state index >= 15 is 0 Å². The maximum Gasteiger partial charge on any atom is 0.422 e. The lowest BCUT2D eigenvalue weighted by Gasteiger charge is -2.36. The van der Waals surface area contributed by atoms with Crippen LogP contribution in [-0.4, -0.2) is 47.0 Å². The Morgan fingerprint density at radius 3 is 2.54 bits per heavy atom. The van der Waals surface area contributed by atoms with Crippen LogP contribution in [0.2, 0.25) is 0 Å². The van der Waals surface area contributed by atoms with Gasteiger partial charge in [-0.05, 0) is 30.8 Å². The molecule has 3 aromatic rings. The molecule has 1 aliphatic heterocycles. The molecular weight excluding hydrogens is 371 g/mol. The molecule has 4 rings (SSSR count).